The topological polar surface area (TPSA) is 46.9 Å². The lowest BCUT2D eigenvalue weighted by atomic mass is 9.90. The Kier molecular flexibility index (Phi) is 3.22. The summed E-state index contributed by atoms with van der Waals surface area (Å²) >= 11 is 1.63. The Morgan fingerprint density at radius 1 is 1.41 bits per heavy atom. The molecule has 2 heterocycles. The highest BCUT2D eigenvalue weighted by atomic mass is 32.1. The minimum absolute atomic E-state index is 0.0600. The second kappa shape index (κ2) is 5.25. The standard InChI is InChI=1S/C17H17N3OS/c1-11-6-7-15-12(8-11)9-16(22-15)17(21)19-20-10-18-13-4-2-3-5-14(13)20/h2-5,9-11H,6-8H2,1H3,(H,19,21). The van der Waals surface area contributed by atoms with Gasteiger partial charge in [-0.25, -0.2) is 9.66 Å². The number of imidazole rings is 1. The average Bonchev–Trinajstić information content (AvgIpc) is 3.11. The maximum Gasteiger partial charge on any atom is 0.280 e. The molecule has 0 bridgehead atoms. The van der Waals surface area contributed by atoms with E-state index in [9.17, 15) is 4.79 Å². The number of benzene rings is 1. The average molecular weight is 311 g/mol. The number of aromatic nitrogens is 2. The second-order valence-corrected chi connectivity index (χ2v) is 7.09. The molecule has 3 aromatic rings. The lowest BCUT2D eigenvalue weighted by molar-refractivity contribution is 0.101. The van der Waals surface area contributed by atoms with Crippen molar-refractivity contribution >= 4 is 28.3 Å². The Balaban J connectivity index is 1.60. The third-order valence-electron chi connectivity index (χ3n) is 4.23. The quantitative estimate of drug-likeness (QED) is 0.786. The number of thiophene rings is 1. The molecule has 0 fully saturated rings. The molecule has 4 rings (SSSR count). The molecule has 1 unspecified atom stereocenters. The van der Waals surface area contributed by atoms with Crippen LogP contribution in [0.4, 0.5) is 0 Å². The van der Waals surface area contributed by atoms with Gasteiger partial charge in [-0.05, 0) is 48.9 Å². The number of hydrogen-bond donors (Lipinski definition) is 1. The molecular weight excluding hydrogens is 294 g/mol. The van der Waals surface area contributed by atoms with Crippen LogP contribution in [0.15, 0.2) is 36.7 Å². The van der Waals surface area contributed by atoms with Crippen LogP contribution in [0.3, 0.4) is 0 Å². The van der Waals surface area contributed by atoms with Crippen LogP contribution in [-0.2, 0) is 12.8 Å². The normalized spacial score (nSPS) is 17.4. The fraction of sp³-hybridized carbons (Fsp3) is 0.294. The van der Waals surface area contributed by atoms with E-state index in [0.29, 0.717) is 0 Å². The van der Waals surface area contributed by atoms with Gasteiger partial charge < -0.3 is 0 Å². The van der Waals surface area contributed by atoms with Gasteiger partial charge >= 0.3 is 0 Å². The lowest BCUT2D eigenvalue weighted by Crippen LogP contribution is -2.21. The predicted octanol–water partition coefficient (Wildman–Crippen LogP) is 3.61. The monoisotopic (exact) mass is 311 g/mol. The molecule has 112 valence electrons. The summed E-state index contributed by atoms with van der Waals surface area (Å²) in [6, 6.07) is 9.82. The van der Waals surface area contributed by atoms with Gasteiger partial charge in [-0.3, -0.25) is 10.2 Å². The lowest BCUT2D eigenvalue weighted by Gasteiger charge is -2.16. The maximum absolute atomic E-state index is 12.5. The summed E-state index contributed by atoms with van der Waals surface area (Å²) in [7, 11) is 0. The van der Waals surface area contributed by atoms with Crippen molar-refractivity contribution < 1.29 is 4.79 Å². The molecule has 2 aromatic heterocycles. The van der Waals surface area contributed by atoms with E-state index in [2.05, 4.69) is 23.4 Å². The number of rotatable bonds is 2. The summed E-state index contributed by atoms with van der Waals surface area (Å²) in [6.45, 7) is 2.28. The molecule has 1 aliphatic rings. The van der Waals surface area contributed by atoms with Crippen LogP contribution in [0.2, 0.25) is 0 Å². The van der Waals surface area contributed by atoms with E-state index in [-0.39, 0.29) is 5.91 Å². The number of nitrogens with zero attached hydrogens (tertiary/aromatic N) is 2. The zero-order chi connectivity index (χ0) is 15.1. The van der Waals surface area contributed by atoms with Gasteiger partial charge in [-0.1, -0.05) is 19.1 Å². The largest absolute Gasteiger partial charge is 0.280 e. The number of nitrogens with one attached hydrogen (secondary N) is 1. The van der Waals surface area contributed by atoms with Crippen molar-refractivity contribution in [3.63, 3.8) is 0 Å². The zero-order valence-electron chi connectivity index (χ0n) is 12.4. The minimum Gasteiger partial charge on any atom is -0.266 e. The molecule has 1 aliphatic carbocycles. The number of para-hydroxylation sites is 2. The first-order valence-corrected chi connectivity index (χ1v) is 8.37. The first kappa shape index (κ1) is 13.5. The Morgan fingerprint density at radius 3 is 3.18 bits per heavy atom. The molecule has 1 aromatic carbocycles. The number of aryl methyl sites for hydroxylation is 1. The van der Waals surface area contributed by atoms with Crippen molar-refractivity contribution in [2.75, 3.05) is 5.43 Å². The van der Waals surface area contributed by atoms with E-state index >= 15 is 0 Å². The fourth-order valence-corrected chi connectivity index (χ4v) is 4.13. The molecule has 5 heteroatoms. The number of carbonyl (C=O) groups is 1. The molecule has 1 amide bonds. The summed E-state index contributed by atoms with van der Waals surface area (Å²) < 4.78 is 1.69. The summed E-state index contributed by atoms with van der Waals surface area (Å²) in [5.41, 5.74) is 6.06. The second-order valence-electron chi connectivity index (χ2n) is 5.95. The minimum atomic E-state index is -0.0600. The van der Waals surface area contributed by atoms with Crippen LogP contribution in [0, 0.1) is 5.92 Å². The van der Waals surface area contributed by atoms with Gasteiger partial charge in [0.2, 0.25) is 0 Å². The van der Waals surface area contributed by atoms with Crippen molar-refractivity contribution in [3.8, 4) is 0 Å². The highest BCUT2D eigenvalue weighted by Crippen LogP contribution is 2.32. The fourth-order valence-electron chi connectivity index (χ4n) is 3.03. The van der Waals surface area contributed by atoms with Gasteiger partial charge in [0.05, 0.1) is 15.9 Å². The van der Waals surface area contributed by atoms with E-state index in [1.165, 1.54) is 16.9 Å². The van der Waals surface area contributed by atoms with Crippen molar-refractivity contribution in [2.24, 2.45) is 5.92 Å². The molecule has 0 saturated carbocycles. The summed E-state index contributed by atoms with van der Waals surface area (Å²) in [5, 5.41) is 0. The van der Waals surface area contributed by atoms with Crippen LogP contribution >= 0.6 is 11.3 Å². The van der Waals surface area contributed by atoms with E-state index < -0.39 is 0 Å². The van der Waals surface area contributed by atoms with E-state index in [1.807, 2.05) is 24.3 Å². The molecule has 0 radical (unpaired) electrons. The molecule has 0 aliphatic heterocycles. The Labute approximate surface area is 132 Å². The van der Waals surface area contributed by atoms with Gasteiger partial charge in [0, 0.05) is 4.88 Å². The molecule has 0 saturated heterocycles. The zero-order valence-corrected chi connectivity index (χ0v) is 13.2. The highest BCUT2D eigenvalue weighted by molar-refractivity contribution is 7.14. The maximum atomic E-state index is 12.5. The SMILES string of the molecule is CC1CCc2sc(C(=O)Nn3cnc4ccccc43)cc2C1. The van der Waals surface area contributed by atoms with E-state index in [0.717, 1.165) is 34.7 Å². The summed E-state index contributed by atoms with van der Waals surface area (Å²) in [5.74, 6) is 0.658. The van der Waals surface area contributed by atoms with Crippen LogP contribution in [-0.4, -0.2) is 15.6 Å². The van der Waals surface area contributed by atoms with Gasteiger partial charge in [-0.15, -0.1) is 11.3 Å². The Bertz CT molecular complexity index is 849. The van der Waals surface area contributed by atoms with Crippen molar-refractivity contribution in [2.45, 2.75) is 26.2 Å². The van der Waals surface area contributed by atoms with Crippen molar-refractivity contribution in [1.29, 1.82) is 0 Å². The third-order valence-corrected chi connectivity index (χ3v) is 5.46. The third kappa shape index (κ3) is 2.31. The smallest absolute Gasteiger partial charge is 0.266 e. The van der Waals surface area contributed by atoms with Crippen LogP contribution in [0.1, 0.15) is 33.5 Å². The molecule has 1 atom stereocenters. The molecule has 1 N–H and O–H groups in total. The Hall–Kier alpha value is -2.14. The highest BCUT2D eigenvalue weighted by Gasteiger charge is 2.21. The summed E-state index contributed by atoms with van der Waals surface area (Å²) in [6.07, 6.45) is 5.06. The van der Waals surface area contributed by atoms with Crippen molar-refractivity contribution in [1.82, 2.24) is 9.66 Å². The molecule has 0 spiro atoms. The van der Waals surface area contributed by atoms with Gasteiger partial charge in [0.1, 0.15) is 6.33 Å². The van der Waals surface area contributed by atoms with Gasteiger partial charge in [0.15, 0.2) is 0 Å². The van der Waals surface area contributed by atoms with Crippen LogP contribution in [0.5, 0.6) is 0 Å². The molecule has 22 heavy (non-hydrogen) atoms. The first-order chi connectivity index (χ1) is 10.7. The number of hydrogen-bond acceptors (Lipinski definition) is 3. The molecule has 4 nitrogen and oxygen atoms in total. The Morgan fingerprint density at radius 2 is 2.27 bits per heavy atom. The van der Waals surface area contributed by atoms with Crippen molar-refractivity contribution in [3.05, 3.63) is 52.0 Å². The van der Waals surface area contributed by atoms with Crippen LogP contribution < -0.4 is 5.43 Å². The number of carbonyl (C=O) groups excluding carboxylic acids is 1. The summed E-state index contributed by atoms with van der Waals surface area (Å²) in [4.78, 5) is 19.0. The van der Waals surface area contributed by atoms with E-state index in [1.54, 1.807) is 22.3 Å². The number of fused-ring (bicyclic) bond motifs is 2. The predicted molar refractivity (Wildman–Crippen MR) is 88.9 cm³/mol. The van der Waals surface area contributed by atoms with Gasteiger partial charge in [-0.2, -0.15) is 0 Å². The first-order valence-electron chi connectivity index (χ1n) is 7.56. The van der Waals surface area contributed by atoms with E-state index in [4.69, 9.17) is 0 Å². The molecular formula is C17H17N3OS. The van der Waals surface area contributed by atoms with Crippen LogP contribution in [0.25, 0.3) is 11.0 Å². The van der Waals surface area contributed by atoms with Gasteiger partial charge in [0.25, 0.3) is 5.91 Å². The number of amides is 1.